The normalized spacial score (nSPS) is 12.0. The highest BCUT2D eigenvalue weighted by Crippen LogP contribution is 2.19. The van der Waals surface area contributed by atoms with Crippen molar-refractivity contribution in [1.82, 2.24) is 0 Å². The van der Waals surface area contributed by atoms with Crippen molar-refractivity contribution in [2.45, 2.75) is 57.9 Å². The van der Waals surface area contributed by atoms with Crippen LogP contribution in [0.1, 0.15) is 52.4 Å². The molecule has 2 heteroatoms. The largest absolute Gasteiger partial charge is 0.330 e. The fourth-order valence-electron chi connectivity index (χ4n) is 1.40. The van der Waals surface area contributed by atoms with Crippen molar-refractivity contribution in [3.63, 3.8) is 0 Å². The Bertz CT molecular complexity index is 98.0. The zero-order chi connectivity index (χ0) is 9.45. The molecule has 0 rings (SSSR count). The van der Waals surface area contributed by atoms with Crippen LogP contribution in [0.25, 0.3) is 0 Å². The van der Waals surface area contributed by atoms with Crippen molar-refractivity contribution in [3.05, 3.63) is 0 Å². The second-order valence-electron chi connectivity index (χ2n) is 3.67. The lowest BCUT2D eigenvalue weighted by Gasteiger charge is -2.26. The van der Waals surface area contributed by atoms with Crippen molar-refractivity contribution in [3.8, 4) is 0 Å². The standard InChI is InChI=1S/C10H24N2/c1-3-10(12,4-2)8-6-5-7-9-11/h3-9,11-12H2,1-2H3. The zero-order valence-corrected chi connectivity index (χ0v) is 8.60. The summed E-state index contributed by atoms with van der Waals surface area (Å²) in [7, 11) is 0. The van der Waals surface area contributed by atoms with Gasteiger partial charge in [0.1, 0.15) is 0 Å². The number of rotatable bonds is 7. The summed E-state index contributed by atoms with van der Waals surface area (Å²) < 4.78 is 0. The Hall–Kier alpha value is -0.0800. The Morgan fingerprint density at radius 2 is 1.58 bits per heavy atom. The molecule has 0 unspecified atom stereocenters. The molecule has 74 valence electrons. The van der Waals surface area contributed by atoms with E-state index in [2.05, 4.69) is 13.8 Å². The molecule has 4 N–H and O–H groups in total. The van der Waals surface area contributed by atoms with E-state index in [1.54, 1.807) is 0 Å². The molecule has 0 radical (unpaired) electrons. The molecule has 0 aromatic rings. The molecule has 0 aromatic heterocycles. The molecule has 0 fully saturated rings. The van der Waals surface area contributed by atoms with Gasteiger partial charge >= 0.3 is 0 Å². The van der Waals surface area contributed by atoms with Gasteiger partial charge < -0.3 is 11.5 Å². The van der Waals surface area contributed by atoms with Crippen LogP contribution in [0.4, 0.5) is 0 Å². The van der Waals surface area contributed by atoms with Crippen molar-refractivity contribution < 1.29 is 0 Å². The lowest BCUT2D eigenvalue weighted by atomic mass is 9.88. The maximum Gasteiger partial charge on any atom is 0.0149 e. The first kappa shape index (κ1) is 11.9. The summed E-state index contributed by atoms with van der Waals surface area (Å²) in [6.07, 6.45) is 6.94. The van der Waals surface area contributed by atoms with E-state index >= 15 is 0 Å². The Kier molecular flexibility index (Phi) is 6.39. The quantitative estimate of drug-likeness (QED) is 0.577. The second kappa shape index (κ2) is 6.44. The summed E-state index contributed by atoms with van der Waals surface area (Å²) in [5.41, 5.74) is 11.7. The van der Waals surface area contributed by atoms with Gasteiger partial charge in [-0.05, 0) is 32.2 Å². The molecule has 0 atom stereocenters. The van der Waals surface area contributed by atoms with E-state index in [-0.39, 0.29) is 5.54 Å². The van der Waals surface area contributed by atoms with Crippen LogP contribution in [-0.4, -0.2) is 12.1 Å². The smallest absolute Gasteiger partial charge is 0.0149 e. The fraction of sp³-hybridized carbons (Fsp3) is 1.00. The van der Waals surface area contributed by atoms with E-state index in [1.165, 1.54) is 12.8 Å². The van der Waals surface area contributed by atoms with Gasteiger partial charge in [-0.3, -0.25) is 0 Å². The molecule has 0 aliphatic carbocycles. The van der Waals surface area contributed by atoms with Crippen molar-refractivity contribution in [1.29, 1.82) is 0 Å². The molecule has 2 nitrogen and oxygen atoms in total. The van der Waals surface area contributed by atoms with Gasteiger partial charge in [0.05, 0.1) is 0 Å². The SMILES string of the molecule is CCC(N)(CC)CCCCCN. The first-order valence-electron chi connectivity index (χ1n) is 5.17. The summed E-state index contributed by atoms with van der Waals surface area (Å²) in [5.74, 6) is 0. The predicted molar refractivity (Wildman–Crippen MR) is 55.0 cm³/mol. The van der Waals surface area contributed by atoms with Gasteiger partial charge in [-0.25, -0.2) is 0 Å². The summed E-state index contributed by atoms with van der Waals surface area (Å²) in [4.78, 5) is 0. The van der Waals surface area contributed by atoms with Crippen molar-refractivity contribution in [2.24, 2.45) is 11.5 Å². The second-order valence-corrected chi connectivity index (χ2v) is 3.67. The van der Waals surface area contributed by atoms with E-state index in [0.717, 1.165) is 32.2 Å². The van der Waals surface area contributed by atoms with Crippen LogP contribution in [0.15, 0.2) is 0 Å². The minimum Gasteiger partial charge on any atom is -0.330 e. The summed E-state index contributed by atoms with van der Waals surface area (Å²) in [5, 5.41) is 0. The van der Waals surface area contributed by atoms with Crippen LogP contribution in [0, 0.1) is 0 Å². The topological polar surface area (TPSA) is 52.0 Å². The molecule has 0 heterocycles. The fourth-order valence-corrected chi connectivity index (χ4v) is 1.40. The lowest BCUT2D eigenvalue weighted by molar-refractivity contribution is 0.352. The molecule has 0 amide bonds. The highest BCUT2D eigenvalue weighted by atomic mass is 14.7. The highest BCUT2D eigenvalue weighted by molar-refractivity contribution is 4.80. The average molecular weight is 172 g/mol. The van der Waals surface area contributed by atoms with Gasteiger partial charge in [-0.2, -0.15) is 0 Å². The predicted octanol–water partition coefficient (Wildman–Crippen LogP) is 2.02. The third-order valence-corrected chi connectivity index (χ3v) is 2.79. The molecule has 12 heavy (non-hydrogen) atoms. The van der Waals surface area contributed by atoms with Gasteiger partial charge in [-0.1, -0.05) is 26.7 Å². The van der Waals surface area contributed by atoms with Gasteiger partial charge in [0.25, 0.3) is 0 Å². The molecule has 0 saturated heterocycles. The van der Waals surface area contributed by atoms with E-state index < -0.39 is 0 Å². The van der Waals surface area contributed by atoms with Crippen LogP contribution in [0.5, 0.6) is 0 Å². The Labute approximate surface area is 76.7 Å². The maximum absolute atomic E-state index is 6.15. The van der Waals surface area contributed by atoms with Crippen LogP contribution in [-0.2, 0) is 0 Å². The van der Waals surface area contributed by atoms with Crippen LogP contribution in [0.2, 0.25) is 0 Å². The van der Waals surface area contributed by atoms with Gasteiger partial charge in [0.15, 0.2) is 0 Å². The summed E-state index contributed by atoms with van der Waals surface area (Å²) >= 11 is 0. The monoisotopic (exact) mass is 172 g/mol. The van der Waals surface area contributed by atoms with E-state index in [0.29, 0.717) is 0 Å². The molecule has 0 aromatic carbocycles. The minimum atomic E-state index is 0.0919. The first-order chi connectivity index (χ1) is 5.68. The first-order valence-corrected chi connectivity index (χ1v) is 5.17. The zero-order valence-electron chi connectivity index (χ0n) is 8.60. The molecule has 0 aliphatic rings. The number of hydrogen-bond donors (Lipinski definition) is 2. The molecular weight excluding hydrogens is 148 g/mol. The number of hydrogen-bond acceptors (Lipinski definition) is 2. The van der Waals surface area contributed by atoms with Crippen LogP contribution < -0.4 is 11.5 Å². The average Bonchev–Trinajstić information content (AvgIpc) is 2.12. The number of unbranched alkanes of at least 4 members (excludes halogenated alkanes) is 2. The van der Waals surface area contributed by atoms with E-state index in [9.17, 15) is 0 Å². The Morgan fingerprint density at radius 3 is 2.00 bits per heavy atom. The van der Waals surface area contributed by atoms with Crippen molar-refractivity contribution >= 4 is 0 Å². The van der Waals surface area contributed by atoms with Crippen molar-refractivity contribution in [2.75, 3.05) is 6.54 Å². The van der Waals surface area contributed by atoms with Gasteiger partial charge in [0.2, 0.25) is 0 Å². The molecule has 0 bridgehead atoms. The lowest BCUT2D eigenvalue weighted by Crippen LogP contribution is -2.38. The maximum atomic E-state index is 6.15. The summed E-state index contributed by atoms with van der Waals surface area (Å²) in [6.45, 7) is 5.16. The Morgan fingerprint density at radius 1 is 1.00 bits per heavy atom. The number of nitrogens with two attached hydrogens (primary N) is 2. The minimum absolute atomic E-state index is 0.0919. The third kappa shape index (κ3) is 4.73. The van der Waals surface area contributed by atoms with Gasteiger partial charge in [-0.15, -0.1) is 0 Å². The molecule has 0 saturated carbocycles. The Balaban J connectivity index is 3.45. The molecule has 0 spiro atoms. The van der Waals surface area contributed by atoms with Crippen LogP contribution in [0.3, 0.4) is 0 Å². The molecular formula is C10H24N2. The van der Waals surface area contributed by atoms with Gasteiger partial charge in [0, 0.05) is 5.54 Å². The van der Waals surface area contributed by atoms with E-state index in [4.69, 9.17) is 11.5 Å². The van der Waals surface area contributed by atoms with Crippen LogP contribution >= 0.6 is 0 Å². The summed E-state index contributed by atoms with van der Waals surface area (Å²) in [6, 6.07) is 0. The van der Waals surface area contributed by atoms with E-state index in [1.807, 2.05) is 0 Å². The highest BCUT2D eigenvalue weighted by Gasteiger charge is 2.18. The molecule has 0 aliphatic heterocycles. The third-order valence-electron chi connectivity index (χ3n) is 2.79.